The average molecular weight is 337 g/mol. The van der Waals surface area contributed by atoms with Crippen molar-refractivity contribution >= 4 is 5.91 Å². The molecule has 130 valence electrons. The van der Waals surface area contributed by atoms with Gasteiger partial charge in [0.15, 0.2) is 0 Å². The highest BCUT2D eigenvalue weighted by Gasteiger charge is 2.23. The maximum atomic E-state index is 12.6. The topological polar surface area (TPSA) is 83.6 Å². The van der Waals surface area contributed by atoms with Crippen molar-refractivity contribution in [2.75, 3.05) is 0 Å². The van der Waals surface area contributed by atoms with Gasteiger partial charge in [0.2, 0.25) is 0 Å². The van der Waals surface area contributed by atoms with Crippen LogP contribution in [0.3, 0.4) is 0 Å². The molecule has 0 aromatic carbocycles. The van der Waals surface area contributed by atoms with E-state index in [4.69, 9.17) is 5.26 Å². The molecule has 1 fully saturated rings. The molecule has 1 saturated carbocycles. The molecule has 0 atom stereocenters. The Hall–Kier alpha value is -2.68. The van der Waals surface area contributed by atoms with Crippen molar-refractivity contribution in [2.45, 2.75) is 45.6 Å². The van der Waals surface area contributed by atoms with E-state index in [9.17, 15) is 4.79 Å². The summed E-state index contributed by atoms with van der Waals surface area (Å²) in [7, 11) is 1.90. The van der Waals surface area contributed by atoms with Crippen molar-refractivity contribution in [2.24, 2.45) is 13.0 Å². The zero-order chi connectivity index (χ0) is 18.0. The lowest BCUT2D eigenvalue weighted by molar-refractivity contribution is 0.0920. The maximum absolute atomic E-state index is 12.6. The van der Waals surface area contributed by atoms with Gasteiger partial charge in [-0.1, -0.05) is 0 Å². The van der Waals surface area contributed by atoms with Gasteiger partial charge in [-0.15, -0.1) is 0 Å². The van der Waals surface area contributed by atoms with Crippen LogP contribution < -0.4 is 5.32 Å². The number of pyridine rings is 1. The molecule has 0 radical (unpaired) electrons. The number of nitriles is 1. The van der Waals surface area contributed by atoms with Crippen molar-refractivity contribution < 1.29 is 4.79 Å². The molecular weight excluding hydrogens is 314 g/mol. The van der Waals surface area contributed by atoms with Crippen LogP contribution in [-0.4, -0.2) is 26.7 Å². The van der Waals surface area contributed by atoms with Crippen LogP contribution in [-0.2, 0) is 7.05 Å². The fraction of sp³-hybridized carbons (Fsp3) is 0.474. The molecule has 0 unspecified atom stereocenters. The standard InChI is InChI=1S/C19H23N5O/c1-12-10-21-18(8-16(12)17-11-22-24(3)13(17)2)19(25)23-15-6-4-14(9-20)5-7-15/h8,10-11,14-15H,4-7H2,1-3H3,(H,23,25). The number of hydrogen-bond acceptors (Lipinski definition) is 4. The highest BCUT2D eigenvalue weighted by molar-refractivity contribution is 5.94. The van der Waals surface area contributed by atoms with Crippen LogP contribution >= 0.6 is 0 Å². The summed E-state index contributed by atoms with van der Waals surface area (Å²) >= 11 is 0. The van der Waals surface area contributed by atoms with E-state index < -0.39 is 0 Å². The quantitative estimate of drug-likeness (QED) is 0.933. The van der Waals surface area contributed by atoms with Crippen molar-refractivity contribution in [1.29, 1.82) is 5.26 Å². The van der Waals surface area contributed by atoms with Gasteiger partial charge in [-0.3, -0.25) is 14.5 Å². The van der Waals surface area contributed by atoms with Crippen LogP contribution in [0.2, 0.25) is 0 Å². The number of carbonyl (C=O) groups is 1. The van der Waals surface area contributed by atoms with Crippen LogP contribution in [0.15, 0.2) is 18.5 Å². The fourth-order valence-corrected chi connectivity index (χ4v) is 3.33. The second kappa shape index (κ2) is 7.06. The van der Waals surface area contributed by atoms with E-state index in [0.717, 1.165) is 48.1 Å². The number of hydrogen-bond donors (Lipinski definition) is 1. The Morgan fingerprint density at radius 3 is 2.56 bits per heavy atom. The maximum Gasteiger partial charge on any atom is 0.270 e. The van der Waals surface area contributed by atoms with Gasteiger partial charge < -0.3 is 5.32 Å². The Kier molecular flexibility index (Phi) is 4.84. The molecular formula is C19H23N5O. The van der Waals surface area contributed by atoms with Gasteiger partial charge in [0.25, 0.3) is 5.91 Å². The molecule has 6 nitrogen and oxygen atoms in total. The number of amides is 1. The minimum Gasteiger partial charge on any atom is -0.348 e. The van der Waals surface area contributed by atoms with Crippen molar-refractivity contribution in [3.63, 3.8) is 0 Å². The van der Waals surface area contributed by atoms with Gasteiger partial charge in [0, 0.05) is 36.5 Å². The lowest BCUT2D eigenvalue weighted by Gasteiger charge is -2.25. The molecule has 0 saturated heterocycles. The first-order chi connectivity index (χ1) is 12.0. The molecule has 0 spiro atoms. The van der Waals surface area contributed by atoms with E-state index in [1.54, 1.807) is 6.20 Å². The normalized spacial score (nSPS) is 20.1. The first-order valence-corrected chi connectivity index (χ1v) is 8.65. The van der Waals surface area contributed by atoms with Crippen molar-refractivity contribution in [3.05, 3.63) is 35.4 Å². The van der Waals surface area contributed by atoms with Crippen molar-refractivity contribution in [1.82, 2.24) is 20.1 Å². The summed E-state index contributed by atoms with van der Waals surface area (Å²) in [4.78, 5) is 16.9. The number of nitrogens with zero attached hydrogens (tertiary/aromatic N) is 4. The molecule has 25 heavy (non-hydrogen) atoms. The SMILES string of the molecule is Cc1cnc(C(=O)NC2CCC(C#N)CC2)cc1-c1cnn(C)c1C. The predicted molar refractivity (Wildman–Crippen MR) is 94.7 cm³/mol. The van der Waals surface area contributed by atoms with Gasteiger partial charge in [-0.05, 0) is 56.7 Å². The van der Waals surface area contributed by atoms with Crippen LogP contribution in [0.4, 0.5) is 0 Å². The molecule has 2 aromatic heterocycles. The monoisotopic (exact) mass is 337 g/mol. The number of nitrogens with one attached hydrogen (secondary N) is 1. The van der Waals surface area contributed by atoms with Crippen LogP contribution in [0.1, 0.15) is 47.4 Å². The molecule has 1 aliphatic carbocycles. The Morgan fingerprint density at radius 2 is 1.96 bits per heavy atom. The summed E-state index contributed by atoms with van der Waals surface area (Å²) in [6, 6.07) is 4.29. The summed E-state index contributed by atoms with van der Waals surface area (Å²) in [5.41, 5.74) is 4.49. The number of aryl methyl sites for hydroxylation is 2. The molecule has 0 aliphatic heterocycles. The highest BCUT2D eigenvalue weighted by atomic mass is 16.1. The van der Waals surface area contributed by atoms with Gasteiger partial charge in [0.05, 0.1) is 12.3 Å². The van der Waals surface area contributed by atoms with Crippen LogP contribution in [0.5, 0.6) is 0 Å². The summed E-state index contributed by atoms with van der Waals surface area (Å²) in [5.74, 6) is -0.0194. The first-order valence-electron chi connectivity index (χ1n) is 8.65. The zero-order valence-corrected chi connectivity index (χ0v) is 14.9. The summed E-state index contributed by atoms with van der Waals surface area (Å²) in [6.07, 6.45) is 6.96. The Bertz CT molecular complexity index is 825. The van der Waals surface area contributed by atoms with Gasteiger partial charge in [0.1, 0.15) is 5.69 Å². The molecule has 2 aromatic rings. The Morgan fingerprint density at radius 1 is 1.24 bits per heavy atom. The molecule has 6 heteroatoms. The van der Waals surface area contributed by atoms with Crippen molar-refractivity contribution in [3.8, 4) is 17.2 Å². The van der Waals surface area contributed by atoms with E-state index in [-0.39, 0.29) is 17.9 Å². The van der Waals surface area contributed by atoms with E-state index in [0.29, 0.717) is 5.69 Å². The number of carbonyl (C=O) groups excluding carboxylic acids is 1. The summed E-state index contributed by atoms with van der Waals surface area (Å²) < 4.78 is 1.82. The first kappa shape index (κ1) is 17.2. The van der Waals surface area contributed by atoms with E-state index in [1.807, 2.05) is 37.8 Å². The smallest absolute Gasteiger partial charge is 0.270 e. The zero-order valence-electron chi connectivity index (χ0n) is 14.9. The Balaban J connectivity index is 1.77. The number of rotatable bonds is 3. The molecule has 0 bridgehead atoms. The van der Waals surface area contributed by atoms with Crippen LogP contribution in [0.25, 0.3) is 11.1 Å². The third kappa shape index (κ3) is 3.55. The molecule has 1 aliphatic rings. The third-order valence-electron chi connectivity index (χ3n) is 5.11. The van der Waals surface area contributed by atoms with Gasteiger partial charge >= 0.3 is 0 Å². The molecule has 2 heterocycles. The second-order valence-corrected chi connectivity index (χ2v) is 6.80. The predicted octanol–water partition coefficient (Wildman–Crippen LogP) is 2.91. The highest BCUT2D eigenvalue weighted by Crippen LogP contribution is 2.27. The second-order valence-electron chi connectivity index (χ2n) is 6.80. The van der Waals surface area contributed by atoms with Gasteiger partial charge in [-0.2, -0.15) is 10.4 Å². The lowest BCUT2D eigenvalue weighted by atomic mass is 9.87. The van der Waals surface area contributed by atoms with E-state index in [2.05, 4.69) is 21.5 Å². The third-order valence-corrected chi connectivity index (χ3v) is 5.11. The van der Waals surface area contributed by atoms with Crippen LogP contribution in [0, 0.1) is 31.1 Å². The summed E-state index contributed by atoms with van der Waals surface area (Å²) in [5, 5.41) is 16.3. The largest absolute Gasteiger partial charge is 0.348 e. The lowest BCUT2D eigenvalue weighted by Crippen LogP contribution is -2.37. The summed E-state index contributed by atoms with van der Waals surface area (Å²) in [6.45, 7) is 4.00. The minimum atomic E-state index is -0.150. The number of aromatic nitrogens is 3. The molecule has 1 amide bonds. The Labute approximate surface area is 147 Å². The minimum absolute atomic E-state index is 0.129. The molecule has 1 N–H and O–H groups in total. The average Bonchev–Trinajstić information content (AvgIpc) is 2.95. The molecule has 3 rings (SSSR count). The fourth-order valence-electron chi connectivity index (χ4n) is 3.33. The van der Waals surface area contributed by atoms with E-state index >= 15 is 0 Å². The van der Waals surface area contributed by atoms with Gasteiger partial charge in [-0.25, -0.2) is 0 Å². The van der Waals surface area contributed by atoms with E-state index in [1.165, 1.54) is 0 Å².